The number of halogens is 2. The van der Waals surface area contributed by atoms with Crippen LogP contribution in [-0.2, 0) is 0 Å². The minimum absolute atomic E-state index is 0.238. The van der Waals surface area contributed by atoms with Crippen LogP contribution < -0.4 is 21.8 Å². The number of imidazole rings is 1. The molecule has 0 aliphatic rings. The highest BCUT2D eigenvalue weighted by atomic mass is 35.5. The normalized spacial score (nSPS) is 11.0. The molecule has 9 nitrogen and oxygen atoms in total. The van der Waals surface area contributed by atoms with Crippen molar-refractivity contribution in [3.63, 3.8) is 0 Å². The molecule has 0 aliphatic heterocycles. The molecule has 29 heavy (non-hydrogen) atoms. The summed E-state index contributed by atoms with van der Waals surface area (Å²) in [6, 6.07) is 7.15. The fourth-order valence-corrected chi connectivity index (χ4v) is 3.93. The third kappa shape index (κ3) is 4.15. The van der Waals surface area contributed by atoms with Gasteiger partial charge in [0.05, 0.1) is 10.7 Å². The standard InChI is InChI=1S/C17H16Cl2N8OS/c18-9-1-2-10(11(19)7-9)12-8-13-21-5-6-27(13)16(24-12)22-3-4-23-17-25-14(20)15(26-28)29-17/h1-2,5-8,26,28H,3-4,20H2,(H,22,24)(H,23,25). The molecule has 3 aromatic heterocycles. The molecule has 1 aromatic carbocycles. The summed E-state index contributed by atoms with van der Waals surface area (Å²) in [7, 11) is 0. The number of hydrogen-bond acceptors (Lipinski definition) is 9. The third-order valence-electron chi connectivity index (χ3n) is 4.04. The maximum absolute atomic E-state index is 8.95. The Balaban J connectivity index is 1.51. The summed E-state index contributed by atoms with van der Waals surface area (Å²) >= 11 is 13.6. The fraction of sp³-hybridized carbons (Fsp3) is 0.118. The predicted molar refractivity (Wildman–Crippen MR) is 117 cm³/mol. The SMILES string of the molecule is Nc1nc(NCCNc2nc(-c3ccc(Cl)cc3Cl)cc3nccn23)sc1NO. The van der Waals surface area contributed by atoms with Crippen LogP contribution in [0.3, 0.4) is 0 Å². The van der Waals surface area contributed by atoms with Crippen LogP contribution in [0.1, 0.15) is 0 Å². The highest BCUT2D eigenvalue weighted by Crippen LogP contribution is 2.31. The van der Waals surface area contributed by atoms with Gasteiger partial charge in [0, 0.05) is 42.1 Å². The number of benzene rings is 1. The van der Waals surface area contributed by atoms with Gasteiger partial charge in [-0.2, -0.15) is 0 Å². The van der Waals surface area contributed by atoms with E-state index in [4.69, 9.17) is 39.1 Å². The first-order valence-corrected chi connectivity index (χ1v) is 10.1. The minimum atomic E-state index is 0.238. The number of fused-ring (bicyclic) bond motifs is 1. The van der Waals surface area contributed by atoms with Gasteiger partial charge in [-0.15, -0.1) is 0 Å². The summed E-state index contributed by atoms with van der Waals surface area (Å²) in [5, 5.41) is 17.5. The van der Waals surface area contributed by atoms with E-state index >= 15 is 0 Å². The molecule has 4 rings (SSSR count). The maximum atomic E-state index is 8.95. The van der Waals surface area contributed by atoms with Gasteiger partial charge in [0.1, 0.15) is 5.65 Å². The topological polar surface area (TPSA) is 125 Å². The molecule has 150 valence electrons. The smallest absolute Gasteiger partial charge is 0.209 e. The van der Waals surface area contributed by atoms with Crippen molar-refractivity contribution in [2.45, 2.75) is 0 Å². The average Bonchev–Trinajstić information content (AvgIpc) is 3.31. The zero-order valence-corrected chi connectivity index (χ0v) is 17.2. The van der Waals surface area contributed by atoms with Crippen LogP contribution in [0.2, 0.25) is 10.0 Å². The number of rotatable bonds is 7. The Bertz CT molecular complexity index is 1160. The minimum Gasteiger partial charge on any atom is -0.381 e. The van der Waals surface area contributed by atoms with Crippen LogP contribution >= 0.6 is 34.5 Å². The molecule has 0 saturated heterocycles. The van der Waals surface area contributed by atoms with Crippen molar-refractivity contribution in [1.29, 1.82) is 0 Å². The molecular formula is C17H16Cl2N8OS. The monoisotopic (exact) mass is 450 g/mol. The molecule has 0 aliphatic carbocycles. The van der Waals surface area contributed by atoms with Crippen molar-refractivity contribution in [1.82, 2.24) is 19.4 Å². The van der Waals surface area contributed by atoms with E-state index in [2.05, 4.69) is 20.6 Å². The van der Waals surface area contributed by atoms with Crippen molar-refractivity contribution in [2.75, 3.05) is 34.9 Å². The van der Waals surface area contributed by atoms with E-state index in [1.807, 2.05) is 28.2 Å². The van der Waals surface area contributed by atoms with Gasteiger partial charge < -0.3 is 16.4 Å². The molecule has 6 N–H and O–H groups in total. The number of nitrogens with two attached hydrogens (primary N) is 1. The number of nitrogens with zero attached hydrogens (tertiary/aromatic N) is 4. The summed E-state index contributed by atoms with van der Waals surface area (Å²) in [5.41, 5.74) is 9.88. The first-order chi connectivity index (χ1) is 14.0. The molecule has 0 unspecified atom stereocenters. The Labute approximate surface area is 179 Å². The van der Waals surface area contributed by atoms with Crippen LogP contribution in [0.15, 0.2) is 36.7 Å². The number of thiazole rings is 1. The lowest BCUT2D eigenvalue weighted by atomic mass is 10.1. The Morgan fingerprint density at radius 1 is 1.14 bits per heavy atom. The quantitative estimate of drug-likeness (QED) is 0.210. The van der Waals surface area contributed by atoms with Gasteiger partial charge in [-0.3, -0.25) is 15.1 Å². The highest BCUT2D eigenvalue weighted by Gasteiger charge is 2.12. The molecule has 0 amide bonds. The molecule has 0 atom stereocenters. The summed E-state index contributed by atoms with van der Waals surface area (Å²) in [5.74, 6) is 0.862. The van der Waals surface area contributed by atoms with Crippen LogP contribution in [-0.4, -0.2) is 37.6 Å². The molecule has 0 radical (unpaired) electrons. The Morgan fingerprint density at radius 2 is 1.97 bits per heavy atom. The number of anilines is 4. The molecular weight excluding hydrogens is 435 g/mol. The van der Waals surface area contributed by atoms with Gasteiger partial charge in [-0.05, 0) is 18.2 Å². The highest BCUT2D eigenvalue weighted by molar-refractivity contribution is 7.20. The predicted octanol–water partition coefficient (Wildman–Crippen LogP) is 4.07. The van der Waals surface area contributed by atoms with E-state index in [0.29, 0.717) is 44.9 Å². The van der Waals surface area contributed by atoms with Crippen molar-refractivity contribution >= 4 is 62.1 Å². The van der Waals surface area contributed by atoms with Gasteiger partial charge in [-0.1, -0.05) is 34.5 Å². The van der Waals surface area contributed by atoms with Crippen molar-refractivity contribution in [3.05, 3.63) is 46.7 Å². The second kappa shape index (κ2) is 8.29. The Morgan fingerprint density at radius 3 is 2.72 bits per heavy atom. The van der Waals surface area contributed by atoms with Crippen molar-refractivity contribution in [2.24, 2.45) is 0 Å². The van der Waals surface area contributed by atoms with E-state index in [0.717, 1.165) is 11.2 Å². The molecule has 4 aromatic rings. The van der Waals surface area contributed by atoms with Crippen LogP contribution in [0.25, 0.3) is 16.9 Å². The van der Waals surface area contributed by atoms with Gasteiger partial charge in [0.25, 0.3) is 0 Å². The van der Waals surface area contributed by atoms with E-state index in [1.54, 1.807) is 18.3 Å². The van der Waals surface area contributed by atoms with E-state index in [1.165, 1.54) is 11.3 Å². The second-order valence-corrected chi connectivity index (χ2v) is 7.79. The summed E-state index contributed by atoms with van der Waals surface area (Å²) in [6.45, 7) is 1.11. The van der Waals surface area contributed by atoms with E-state index < -0.39 is 0 Å². The lowest BCUT2D eigenvalue weighted by molar-refractivity contribution is 0.391. The zero-order valence-electron chi connectivity index (χ0n) is 14.9. The first-order valence-electron chi connectivity index (χ1n) is 8.49. The molecule has 3 heterocycles. The van der Waals surface area contributed by atoms with Crippen LogP contribution in [0, 0.1) is 0 Å². The lowest BCUT2D eigenvalue weighted by Crippen LogP contribution is -2.16. The van der Waals surface area contributed by atoms with Gasteiger partial charge in [0.15, 0.2) is 16.0 Å². The van der Waals surface area contributed by atoms with Crippen LogP contribution in [0.5, 0.6) is 0 Å². The molecule has 0 spiro atoms. The number of nitrogens with one attached hydrogen (secondary N) is 3. The summed E-state index contributed by atoms with van der Waals surface area (Å²) < 4.78 is 1.85. The summed E-state index contributed by atoms with van der Waals surface area (Å²) in [6.07, 6.45) is 3.53. The van der Waals surface area contributed by atoms with Gasteiger partial charge >= 0.3 is 0 Å². The number of hydrogen-bond donors (Lipinski definition) is 5. The largest absolute Gasteiger partial charge is 0.381 e. The second-order valence-electron chi connectivity index (χ2n) is 5.94. The Kier molecular flexibility index (Phi) is 5.58. The molecule has 12 heteroatoms. The lowest BCUT2D eigenvalue weighted by Gasteiger charge is -2.11. The maximum Gasteiger partial charge on any atom is 0.209 e. The van der Waals surface area contributed by atoms with Crippen molar-refractivity contribution < 1.29 is 5.21 Å². The molecule has 0 saturated carbocycles. The first kappa shape index (κ1) is 19.5. The zero-order chi connectivity index (χ0) is 20.4. The van der Waals surface area contributed by atoms with Crippen molar-refractivity contribution in [3.8, 4) is 11.3 Å². The molecule has 0 fully saturated rings. The van der Waals surface area contributed by atoms with E-state index in [9.17, 15) is 0 Å². The number of nitrogen functional groups attached to an aromatic ring is 1. The summed E-state index contributed by atoms with van der Waals surface area (Å²) in [4.78, 5) is 13.2. The third-order valence-corrected chi connectivity index (χ3v) is 5.52. The van der Waals surface area contributed by atoms with E-state index in [-0.39, 0.29) is 5.82 Å². The van der Waals surface area contributed by atoms with Gasteiger partial charge in [-0.25, -0.2) is 15.0 Å². The van der Waals surface area contributed by atoms with Crippen LogP contribution in [0.4, 0.5) is 21.9 Å². The fourth-order valence-electron chi connectivity index (χ4n) is 2.71. The average molecular weight is 451 g/mol. The Hall–Kier alpha value is -2.79. The van der Waals surface area contributed by atoms with Gasteiger partial charge in [0.2, 0.25) is 5.95 Å². The number of aromatic nitrogens is 4. The molecule has 0 bridgehead atoms.